The molecule has 2 heteroatoms. The van der Waals surface area contributed by atoms with Gasteiger partial charge >= 0.3 is 0 Å². The van der Waals surface area contributed by atoms with Crippen LogP contribution in [0.5, 0.6) is 0 Å². The highest BCUT2D eigenvalue weighted by Crippen LogP contribution is 2.19. The Morgan fingerprint density at radius 2 is 2.07 bits per heavy atom. The summed E-state index contributed by atoms with van der Waals surface area (Å²) in [5.74, 6) is 2.65. The molecule has 1 N–H and O–H groups in total. The molecule has 1 nitrogen and oxygen atoms in total. The molecule has 0 saturated heterocycles. The fourth-order valence-corrected chi connectivity index (χ4v) is 1.53. The van der Waals surface area contributed by atoms with Gasteiger partial charge in [0.1, 0.15) is 0 Å². The summed E-state index contributed by atoms with van der Waals surface area (Å²) in [4.78, 5) is 0. The lowest BCUT2D eigenvalue weighted by Crippen LogP contribution is -2.15. The highest BCUT2D eigenvalue weighted by atomic mass is 35.5. The van der Waals surface area contributed by atoms with E-state index in [1.165, 1.54) is 5.56 Å². The van der Waals surface area contributed by atoms with Crippen LogP contribution >= 0.6 is 11.6 Å². The Morgan fingerprint density at radius 1 is 1.43 bits per heavy atom. The van der Waals surface area contributed by atoms with E-state index in [0.717, 1.165) is 17.9 Å². The second kappa shape index (κ2) is 5.70. The van der Waals surface area contributed by atoms with Crippen molar-refractivity contribution < 1.29 is 0 Å². The summed E-state index contributed by atoms with van der Waals surface area (Å²) in [5, 5.41) is 4.00. The molecule has 14 heavy (non-hydrogen) atoms. The smallest absolute Gasteiger partial charge is 0.0406 e. The van der Waals surface area contributed by atoms with Crippen LogP contribution in [0.3, 0.4) is 0 Å². The minimum atomic E-state index is 0.323. The monoisotopic (exact) mass is 207 g/mol. The van der Waals surface area contributed by atoms with Gasteiger partial charge in [0.25, 0.3) is 0 Å². The molecule has 0 fully saturated rings. The third kappa shape index (κ3) is 3.06. The summed E-state index contributed by atoms with van der Waals surface area (Å²) in [7, 11) is 1.94. The third-order valence-electron chi connectivity index (χ3n) is 2.20. The molecule has 0 saturated carbocycles. The SMILES string of the molecule is C#CCCC(NC)c1ccc(Cl)cc1. The molecular weight excluding hydrogens is 194 g/mol. The first kappa shape index (κ1) is 11.1. The predicted octanol–water partition coefficient (Wildman–Crippen LogP) is 3.01. The second-order valence-corrected chi connectivity index (χ2v) is 3.57. The van der Waals surface area contributed by atoms with Gasteiger partial charge in [0.05, 0.1) is 0 Å². The largest absolute Gasteiger partial charge is 0.313 e. The molecule has 0 aliphatic carbocycles. The summed E-state index contributed by atoms with van der Waals surface area (Å²) in [6.07, 6.45) is 6.97. The number of benzene rings is 1. The number of hydrogen-bond acceptors (Lipinski definition) is 1. The van der Waals surface area contributed by atoms with Crippen LogP contribution in [-0.2, 0) is 0 Å². The second-order valence-electron chi connectivity index (χ2n) is 3.14. The van der Waals surface area contributed by atoms with Crippen LogP contribution in [-0.4, -0.2) is 7.05 Å². The van der Waals surface area contributed by atoms with Gasteiger partial charge in [0.2, 0.25) is 0 Å². The van der Waals surface area contributed by atoms with Crippen molar-refractivity contribution in [1.29, 1.82) is 0 Å². The van der Waals surface area contributed by atoms with Gasteiger partial charge in [-0.05, 0) is 31.2 Å². The van der Waals surface area contributed by atoms with Gasteiger partial charge in [0, 0.05) is 17.5 Å². The Labute approximate surface area is 90.5 Å². The molecule has 1 unspecified atom stereocenters. The first-order valence-electron chi connectivity index (χ1n) is 4.64. The van der Waals surface area contributed by atoms with Crippen molar-refractivity contribution in [3.05, 3.63) is 34.9 Å². The first-order chi connectivity index (χ1) is 6.77. The zero-order valence-electron chi connectivity index (χ0n) is 8.26. The van der Waals surface area contributed by atoms with Crippen LogP contribution in [0, 0.1) is 12.3 Å². The summed E-state index contributed by atoms with van der Waals surface area (Å²) in [6, 6.07) is 8.18. The Kier molecular flexibility index (Phi) is 4.52. The number of rotatable bonds is 4. The number of terminal acetylenes is 1. The standard InChI is InChI=1S/C12H14ClN/c1-3-4-5-12(14-2)10-6-8-11(13)9-7-10/h1,6-9,12,14H,4-5H2,2H3. The molecule has 0 amide bonds. The maximum absolute atomic E-state index is 5.81. The fourth-order valence-electron chi connectivity index (χ4n) is 1.40. The Balaban J connectivity index is 2.69. The molecule has 0 spiro atoms. The molecule has 74 valence electrons. The molecule has 0 heterocycles. The van der Waals surface area contributed by atoms with Gasteiger partial charge in [-0.25, -0.2) is 0 Å². The Morgan fingerprint density at radius 3 is 2.57 bits per heavy atom. The van der Waals surface area contributed by atoms with Crippen LogP contribution in [0.25, 0.3) is 0 Å². The molecule has 1 atom stereocenters. The van der Waals surface area contributed by atoms with Crippen LogP contribution < -0.4 is 5.32 Å². The topological polar surface area (TPSA) is 12.0 Å². The first-order valence-corrected chi connectivity index (χ1v) is 5.02. The van der Waals surface area contributed by atoms with E-state index < -0.39 is 0 Å². The third-order valence-corrected chi connectivity index (χ3v) is 2.45. The molecular formula is C12H14ClN. The van der Waals surface area contributed by atoms with Gasteiger partial charge in [-0.1, -0.05) is 23.7 Å². The average molecular weight is 208 g/mol. The van der Waals surface area contributed by atoms with E-state index in [9.17, 15) is 0 Å². The van der Waals surface area contributed by atoms with Gasteiger partial charge in [-0.3, -0.25) is 0 Å². The van der Waals surface area contributed by atoms with Gasteiger partial charge in [-0.15, -0.1) is 12.3 Å². The van der Waals surface area contributed by atoms with Crippen molar-refractivity contribution in [2.45, 2.75) is 18.9 Å². The van der Waals surface area contributed by atoms with E-state index in [1.54, 1.807) is 0 Å². The van der Waals surface area contributed by atoms with E-state index in [2.05, 4.69) is 11.2 Å². The van der Waals surface area contributed by atoms with Crippen LogP contribution in [0.15, 0.2) is 24.3 Å². The number of halogens is 1. The molecule has 0 bridgehead atoms. The van der Waals surface area contributed by atoms with Gasteiger partial charge in [-0.2, -0.15) is 0 Å². The van der Waals surface area contributed by atoms with Crippen molar-refractivity contribution in [3.8, 4) is 12.3 Å². The highest BCUT2D eigenvalue weighted by molar-refractivity contribution is 6.30. The normalized spacial score (nSPS) is 12.1. The van der Waals surface area contributed by atoms with Crippen molar-refractivity contribution in [3.63, 3.8) is 0 Å². The maximum Gasteiger partial charge on any atom is 0.0406 e. The van der Waals surface area contributed by atoms with E-state index in [4.69, 9.17) is 18.0 Å². The summed E-state index contributed by atoms with van der Waals surface area (Å²) in [6.45, 7) is 0. The summed E-state index contributed by atoms with van der Waals surface area (Å²) >= 11 is 5.81. The minimum Gasteiger partial charge on any atom is -0.313 e. The van der Waals surface area contributed by atoms with E-state index >= 15 is 0 Å². The molecule has 0 radical (unpaired) electrons. The lowest BCUT2D eigenvalue weighted by Gasteiger charge is -2.15. The Bertz CT molecular complexity index is 310. The molecule has 1 aromatic carbocycles. The summed E-state index contributed by atoms with van der Waals surface area (Å²) in [5.41, 5.74) is 1.23. The fraction of sp³-hybridized carbons (Fsp3) is 0.333. The van der Waals surface area contributed by atoms with E-state index in [-0.39, 0.29) is 0 Å². The molecule has 1 rings (SSSR count). The van der Waals surface area contributed by atoms with Crippen LogP contribution in [0.2, 0.25) is 5.02 Å². The van der Waals surface area contributed by atoms with Crippen LogP contribution in [0.4, 0.5) is 0 Å². The maximum atomic E-state index is 5.81. The van der Waals surface area contributed by atoms with Crippen molar-refractivity contribution in [2.75, 3.05) is 7.05 Å². The highest BCUT2D eigenvalue weighted by Gasteiger charge is 2.07. The molecule has 0 aliphatic rings. The summed E-state index contributed by atoms with van der Waals surface area (Å²) < 4.78 is 0. The zero-order chi connectivity index (χ0) is 10.4. The predicted molar refractivity (Wildman–Crippen MR) is 61.3 cm³/mol. The minimum absolute atomic E-state index is 0.323. The molecule has 1 aromatic rings. The molecule has 0 aromatic heterocycles. The zero-order valence-corrected chi connectivity index (χ0v) is 9.01. The lowest BCUT2D eigenvalue weighted by molar-refractivity contribution is 0.558. The quantitative estimate of drug-likeness (QED) is 0.749. The van der Waals surface area contributed by atoms with Crippen molar-refractivity contribution in [1.82, 2.24) is 5.32 Å². The van der Waals surface area contributed by atoms with Gasteiger partial charge < -0.3 is 5.32 Å². The van der Waals surface area contributed by atoms with E-state index in [0.29, 0.717) is 6.04 Å². The lowest BCUT2D eigenvalue weighted by atomic mass is 10.0. The number of nitrogens with one attached hydrogen (secondary N) is 1. The average Bonchev–Trinajstić information content (AvgIpc) is 2.21. The van der Waals surface area contributed by atoms with Crippen LogP contribution in [0.1, 0.15) is 24.4 Å². The molecule has 0 aliphatic heterocycles. The van der Waals surface area contributed by atoms with Crippen molar-refractivity contribution >= 4 is 11.6 Å². The van der Waals surface area contributed by atoms with Crippen molar-refractivity contribution in [2.24, 2.45) is 0 Å². The van der Waals surface area contributed by atoms with Gasteiger partial charge in [0.15, 0.2) is 0 Å². The number of hydrogen-bond donors (Lipinski definition) is 1. The Hall–Kier alpha value is -0.970. The van der Waals surface area contributed by atoms with E-state index in [1.807, 2.05) is 31.3 Å².